The summed E-state index contributed by atoms with van der Waals surface area (Å²) in [5, 5.41) is 1.02. The van der Waals surface area contributed by atoms with Crippen molar-refractivity contribution in [3.63, 3.8) is 0 Å². The Morgan fingerprint density at radius 2 is 1.89 bits per heavy atom. The number of carbonyl (C=O) groups excluding carboxylic acids is 1. The molecule has 0 spiro atoms. The van der Waals surface area contributed by atoms with Crippen LogP contribution in [0.2, 0.25) is 0 Å². The fraction of sp³-hybridized carbons (Fsp3) is 0.364. The van der Waals surface area contributed by atoms with Crippen LogP contribution in [0.25, 0.3) is 10.2 Å². The van der Waals surface area contributed by atoms with Gasteiger partial charge in [0.05, 0.1) is 23.7 Å². The Balaban J connectivity index is 1.40. The Labute approximate surface area is 169 Å². The lowest BCUT2D eigenvalue weighted by Crippen LogP contribution is -2.49. The summed E-state index contributed by atoms with van der Waals surface area (Å²) in [5.74, 6) is 1.06. The fourth-order valence-electron chi connectivity index (χ4n) is 3.57. The number of methoxy groups -OCH3 is 1. The van der Waals surface area contributed by atoms with Crippen molar-refractivity contribution >= 4 is 32.6 Å². The second kappa shape index (κ2) is 7.80. The number of nitrogens with zero attached hydrogens (tertiary/aromatic N) is 3. The van der Waals surface area contributed by atoms with Crippen molar-refractivity contribution in [2.45, 2.75) is 20.3 Å². The highest BCUT2D eigenvalue weighted by molar-refractivity contribution is 7.22. The molecule has 3 aromatic rings. The third-order valence-corrected chi connectivity index (χ3v) is 6.41. The molecule has 1 saturated heterocycles. The van der Waals surface area contributed by atoms with E-state index in [1.54, 1.807) is 18.4 Å². The minimum atomic E-state index is 0.211. The van der Waals surface area contributed by atoms with Crippen LogP contribution >= 0.6 is 11.3 Å². The third kappa shape index (κ3) is 3.83. The van der Waals surface area contributed by atoms with E-state index in [4.69, 9.17) is 9.72 Å². The van der Waals surface area contributed by atoms with E-state index in [2.05, 4.69) is 36.9 Å². The lowest BCUT2D eigenvalue weighted by atomic mass is 10.0. The van der Waals surface area contributed by atoms with E-state index in [0.717, 1.165) is 52.8 Å². The summed E-state index contributed by atoms with van der Waals surface area (Å²) in [6.45, 7) is 7.25. The summed E-state index contributed by atoms with van der Waals surface area (Å²) in [6, 6.07) is 12.3. The van der Waals surface area contributed by atoms with E-state index < -0.39 is 0 Å². The van der Waals surface area contributed by atoms with Crippen molar-refractivity contribution in [2.75, 3.05) is 38.2 Å². The summed E-state index contributed by atoms with van der Waals surface area (Å²) in [5.41, 5.74) is 4.51. The Morgan fingerprint density at radius 1 is 1.11 bits per heavy atom. The number of carbonyl (C=O) groups is 1. The van der Waals surface area contributed by atoms with Gasteiger partial charge in [0, 0.05) is 26.2 Å². The molecule has 0 N–H and O–H groups in total. The molecule has 0 aliphatic carbocycles. The average molecular weight is 396 g/mol. The van der Waals surface area contributed by atoms with Crippen LogP contribution in [0.1, 0.15) is 16.7 Å². The highest BCUT2D eigenvalue weighted by atomic mass is 32.1. The summed E-state index contributed by atoms with van der Waals surface area (Å²) >= 11 is 1.68. The van der Waals surface area contributed by atoms with Gasteiger partial charge in [-0.15, -0.1) is 0 Å². The maximum atomic E-state index is 12.8. The summed E-state index contributed by atoms with van der Waals surface area (Å²) < 4.78 is 6.43. The highest BCUT2D eigenvalue weighted by Gasteiger charge is 2.23. The summed E-state index contributed by atoms with van der Waals surface area (Å²) in [4.78, 5) is 21.8. The molecular formula is C22H25N3O2S. The van der Waals surface area contributed by atoms with E-state index >= 15 is 0 Å². The number of hydrogen-bond donors (Lipinski definition) is 0. The monoisotopic (exact) mass is 395 g/mol. The van der Waals surface area contributed by atoms with Crippen LogP contribution in [0.15, 0.2) is 36.4 Å². The van der Waals surface area contributed by atoms with Crippen molar-refractivity contribution in [1.82, 2.24) is 9.88 Å². The first kappa shape index (κ1) is 18.7. The van der Waals surface area contributed by atoms with Gasteiger partial charge in [-0.3, -0.25) is 4.79 Å². The molecule has 1 aliphatic rings. The predicted octanol–water partition coefficient (Wildman–Crippen LogP) is 3.81. The normalized spacial score (nSPS) is 14.5. The molecule has 2 aromatic carbocycles. The standard InChI is InChI=1S/C22H25N3O2S/c1-15-4-5-16(2)17(12-15)13-21(26)24-8-10-25(11-9-24)22-23-19-7-6-18(27-3)14-20(19)28-22/h4-7,12,14H,8-11,13H2,1-3H3. The number of piperazine rings is 1. The molecule has 1 fully saturated rings. The maximum Gasteiger partial charge on any atom is 0.227 e. The zero-order valence-electron chi connectivity index (χ0n) is 16.6. The van der Waals surface area contributed by atoms with E-state index in [0.29, 0.717) is 6.42 Å². The number of thiazole rings is 1. The SMILES string of the molecule is COc1ccc2nc(N3CCN(C(=O)Cc4cc(C)ccc4C)CC3)sc2c1. The molecule has 6 heteroatoms. The predicted molar refractivity (Wildman–Crippen MR) is 115 cm³/mol. The third-order valence-electron chi connectivity index (χ3n) is 5.33. The van der Waals surface area contributed by atoms with Crippen molar-refractivity contribution in [2.24, 2.45) is 0 Å². The fourth-order valence-corrected chi connectivity index (χ4v) is 4.61. The first-order valence-corrected chi connectivity index (χ1v) is 10.4. The van der Waals surface area contributed by atoms with Crippen LogP contribution in [0.3, 0.4) is 0 Å². The molecular weight excluding hydrogens is 370 g/mol. The van der Waals surface area contributed by atoms with Crippen LogP contribution < -0.4 is 9.64 Å². The van der Waals surface area contributed by atoms with Crippen LogP contribution in [-0.4, -0.2) is 49.1 Å². The molecule has 1 amide bonds. The van der Waals surface area contributed by atoms with Crippen LogP contribution in [-0.2, 0) is 11.2 Å². The minimum absolute atomic E-state index is 0.211. The number of aryl methyl sites for hydroxylation is 2. The minimum Gasteiger partial charge on any atom is -0.497 e. The first-order chi connectivity index (χ1) is 13.5. The molecule has 1 aliphatic heterocycles. The Hall–Kier alpha value is -2.60. The number of aromatic nitrogens is 1. The topological polar surface area (TPSA) is 45.7 Å². The van der Waals surface area contributed by atoms with Gasteiger partial charge in [-0.1, -0.05) is 35.1 Å². The molecule has 0 saturated carbocycles. The number of benzene rings is 2. The number of hydrogen-bond acceptors (Lipinski definition) is 5. The molecule has 0 atom stereocenters. The van der Waals surface area contributed by atoms with Gasteiger partial charge in [0.15, 0.2) is 5.13 Å². The van der Waals surface area contributed by atoms with Crippen molar-refractivity contribution in [1.29, 1.82) is 0 Å². The van der Waals surface area contributed by atoms with Crippen LogP contribution in [0.4, 0.5) is 5.13 Å². The molecule has 2 heterocycles. The number of rotatable bonds is 4. The lowest BCUT2D eigenvalue weighted by Gasteiger charge is -2.34. The average Bonchev–Trinajstić information content (AvgIpc) is 3.14. The first-order valence-electron chi connectivity index (χ1n) is 9.57. The van der Waals surface area contributed by atoms with Gasteiger partial charge >= 0.3 is 0 Å². The van der Waals surface area contributed by atoms with Crippen molar-refractivity contribution < 1.29 is 9.53 Å². The van der Waals surface area contributed by atoms with Gasteiger partial charge in [0.2, 0.25) is 5.91 Å². The Morgan fingerprint density at radius 3 is 2.64 bits per heavy atom. The summed E-state index contributed by atoms with van der Waals surface area (Å²) in [7, 11) is 1.68. The zero-order valence-corrected chi connectivity index (χ0v) is 17.4. The Bertz CT molecular complexity index is 1010. The van der Waals surface area contributed by atoms with Gasteiger partial charge in [0.1, 0.15) is 5.75 Å². The van der Waals surface area contributed by atoms with Gasteiger partial charge in [0.25, 0.3) is 0 Å². The molecule has 0 unspecified atom stereocenters. The molecule has 0 radical (unpaired) electrons. The van der Waals surface area contributed by atoms with E-state index in [9.17, 15) is 4.79 Å². The highest BCUT2D eigenvalue weighted by Crippen LogP contribution is 2.31. The second-order valence-electron chi connectivity index (χ2n) is 7.30. The number of fused-ring (bicyclic) bond motifs is 1. The number of anilines is 1. The maximum absolute atomic E-state index is 12.8. The largest absolute Gasteiger partial charge is 0.497 e. The van der Waals surface area contributed by atoms with E-state index in [-0.39, 0.29) is 5.91 Å². The van der Waals surface area contributed by atoms with Gasteiger partial charge < -0.3 is 14.5 Å². The van der Waals surface area contributed by atoms with Gasteiger partial charge in [-0.2, -0.15) is 0 Å². The smallest absolute Gasteiger partial charge is 0.227 e. The second-order valence-corrected chi connectivity index (χ2v) is 8.31. The molecule has 28 heavy (non-hydrogen) atoms. The zero-order chi connectivity index (χ0) is 19.7. The lowest BCUT2D eigenvalue weighted by molar-refractivity contribution is -0.130. The molecule has 1 aromatic heterocycles. The van der Waals surface area contributed by atoms with E-state index in [1.807, 2.05) is 23.1 Å². The number of amides is 1. The van der Waals surface area contributed by atoms with Gasteiger partial charge in [-0.05, 0) is 43.2 Å². The van der Waals surface area contributed by atoms with E-state index in [1.165, 1.54) is 11.1 Å². The Kier molecular flexibility index (Phi) is 5.22. The number of ether oxygens (including phenoxy) is 1. The molecule has 5 nitrogen and oxygen atoms in total. The molecule has 146 valence electrons. The summed E-state index contributed by atoms with van der Waals surface area (Å²) in [6.07, 6.45) is 0.481. The van der Waals surface area contributed by atoms with Crippen molar-refractivity contribution in [3.8, 4) is 5.75 Å². The molecule has 4 rings (SSSR count). The van der Waals surface area contributed by atoms with Crippen LogP contribution in [0, 0.1) is 13.8 Å². The van der Waals surface area contributed by atoms with Crippen molar-refractivity contribution in [3.05, 3.63) is 53.1 Å². The van der Waals surface area contributed by atoms with Gasteiger partial charge in [-0.25, -0.2) is 4.98 Å². The van der Waals surface area contributed by atoms with Crippen LogP contribution in [0.5, 0.6) is 5.75 Å². The quantitative estimate of drug-likeness (QED) is 0.674. The molecule has 0 bridgehead atoms.